The minimum Gasteiger partial charge on any atom is -0.470 e. The van der Waals surface area contributed by atoms with Crippen LogP contribution in [0.4, 0.5) is 11.6 Å². The molecule has 0 aliphatic heterocycles. The number of ether oxygens (including phenoxy) is 3. The van der Waals surface area contributed by atoms with Gasteiger partial charge in [0.25, 0.3) is 5.88 Å². The summed E-state index contributed by atoms with van der Waals surface area (Å²) in [6, 6.07) is 0. The van der Waals surface area contributed by atoms with E-state index in [9.17, 15) is 10.1 Å². The molecule has 106 valence electrons. The highest BCUT2D eigenvalue weighted by atomic mass is 16.6. The first kappa shape index (κ1) is 15.1. The number of methoxy groups -OCH3 is 1. The lowest BCUT2D eigenvalue weighted by Crippen LogP contribution is -2.11. The molecule has 1 heterocycles. The highest BCUT2D eigenvalue weighted by molar-refractivity contribution is 5.41. The molecule has 19 heavy (non-hydrogen) atoms. The minimum atomic E-state index is -0.631. The van der Waals surface area contributed by atoms with Crippen LogP contribution in [0.2, 0.25) is 0 Å². The predicted octanol–water partition coefficient (Wildman–Crippen LogP) is 0.399. The van der Waals surface area contributed by atoms with Gasteiger partial charge in [-0.15, -0.1) is 0 Å². The molecule has 0 saturated carbocycles. The topological polar surface area (TPSA) is 123 Å². The van der Waals surface area contributed by atoms with E-state index in [4.69, 9.17) is 19.9 Å². The summed E-state index contributed by atoms with van der Waals surface area (Å²) in [4.78, 5) is 17.3. The van der Waals surface area contributed by atoms with E-state index in [-0.39, 0.29) is 24.1 Å². The van der Waals surface area contributed by atoms with E-state index in [2.05, 4.69) is 9.97 Å². The molecule has 0 spiro atoms. The summed E-state index contributed by atoms with van der Waals surface area (Å²) >= 11 is 0. The van der Waals surface area contributed by atoms with E-state index in [0.29, 0.717) is 19.8 Å². The molecule has 0 aliphatic carbocycles. The second kappa shape index (κ2) is 8.16. The zero-order chi connectivity index (χ0) is 14.1. The molecule has 0 bridgehead atoms. The van der Waals surface area contributed by atoms with Gasteiger partial charge in [-0.1, -0.05) is 0 Å². The first-order valence-electron chi connectivity index (χ1n) is 5.61. The first-order chi connectivity index (χ1) is 9.15. The van der Waals surface area contributed by atoms with Gasteiger partial charge in [0, 0.05) is 20.3 Å². The van der Waals surface area contributed by atoms with Crippen molar-refractivity contribution in [1.82, 2.24) is 9.97 Å². The Labute approximate surface area is 109 Å². The molecule has 0 aromatic carbocycles. The number of aromatic nitrogens is 2. The monoisotopic (exact) mass is 272 g/mol. The van der Waals surface area contributed by atoms with Gasteiger partial charge in [0.05, 0.1) is 11.5 Å². The van der Waals surface area contributed by atoms with Crippen LogP contribution < -0.4 is 10.5 Å². The molecule has 0 saturated heterocycles. The third-order valence-corrected chi connectivity index (χ3v) is 2.05. The Morgan fingerprint density at radius 3 is 2.84 bits per heavy atom. The van der Waals surface area contributed by atoms with Crippen molar-refractivity contribution < 1.29 is 19.1 Å². The van der Waals surface area contributed by atoms with E-state index in [1.165, 1.54) is 0 Å². The third kappa shape index (κ3) is 5.44. The molecule has 0 unspecified atom stereocenters. The summed E-state index contributed by atoms with van der Waals surface area (Å²) in [6.07, 6.45) is 1.79. The summed E-state index contributed by atoms with van der Waals surface area (Å²) in [6.45, 7) is 1.59. The van der Waals surface area contributed by atoms with Gasteiger partial charge in [0.2, 0.25) is 5.95 Å². The number of nitrogens with two attached hydrogens (primary N) is 1. The number of rotatable bonds is 9. The first-order valence-corrected chi connectivity index (χ1v) is 5.61. The molecule has 9 nitrogen and oxygen atoms in total. The summed E-state index contributed by atoms with van der Waals surface area (Å²) in [5.41, 5.74) is 5.02. The molecular formula is C10H16N4O5. The van der Waals surface area contributed by atoms with Crippen LogP contribution in [0.15, 0.2) is 6.20 Å². The number of anilines is 1. The minimum absolute atomic E-state index is 0.0818. The van der Waals surface area contributed by atoms with E-state index in [1.807, 2.05) is 0 Å². The second-order valence-corrected chi connectivity index (χ2v) is 3.48. The molecule has 0 radical (unpaired) electrons. The summed E-state index contributed by atoms with van der Waals surface area (Å²) < 4.78 is 15.3. The Morgan fingerprint density at radius 2 is 2.16 bits per heavy atom. The van der Waals surface area contributed by atoms with Gasteiger partial charge in [-0.2, -0.15) is 4.98 Å². The Balaban J connectivity index is 2.36. The zero-order valence-electron chi connectivity index (χ0n) is 10.6. The number of nitro groups is 1. The van der Waals surface area contributed by atoms with Crippen molar-refractivity contribution in [3.63, 3.8) is 0 Å². The molecule has 0 atom stereocenters. The van der Waals surface area contributed by atoms with Gasteiger partial charge >= 0.3 is 5.69 Å². The maximum atomic E-state index is 10.7. The average Bonchev–Trinajstić information content (AvgIpc) is 2.37. The van der Waals surface area contributed by atoms with Crippen LogP contribution in [-0.2, 0) is 9.47 Å². The number of nitrogens with zero attached hydrogens (tertiary/aromatic N) is 3. The predicted molar refractivity (Wildman–Crippen MR) is 65.9 cm³/mol. The fourth-order valence-electron chi connectivity index (χ4n) is 1.21. The molecule has 1 aromatic rings. The maximum Gasteiger partial charge on any atom is 0.349 e. The summed E-state index contributed by atoms with van der Waals surface area (Å²) in [7, 11) is 1.61. The van der Waals surface area contributed by atoms with Crippen molar-refractivity contribution in [2.45, 2.75) is 6.42 Å². The van der Waals surface area contributed by atoms with E-state index in [1.54, 1.807) is 7.11 Å². The van der Waals surface area contributed by atoms with Crippen molar-refractivity contribution in [3.05, 3.63) is 16.3 Å². The van der Waals surface area contributed by atoms with Crippen molar-refractivity contribution in [1.29, 1.82) is 0 Å². The molecule has 0 aliphatic rings. The summed E-state index contributed by atoms with van der Waals surface area (Å²) in [5.74, 6) is -0.236. The molecule has 2 N–H and O–H groups in total. The van der Waals surface area contributed by atoms with Crippen LogP contribution in [0.3, 0.4) is 0 Å². The van der Waals surface area contributed by atoms with Crippen molar-refractivity contribution in [2.75, 3.05) is 39.3 Å². The molecule has 0 amide bonds. The third-order valence-electron chi connectivity index (χ3n) is 2.05. The van der Waals surface area contributed by atoms with Crippen LogP contribution in [0.1, 0.15) is 6.42 Å². The van der Waals surface area contributed by atoms with Gasteiger partial charge in [0.1, 0.15) is 12.8 Å². The number of nitrogen functional groups attached to an aromatic ring is 1. The van der Waals surface area contributed by atoms with Gasteiger partial charge < -0.3 is 19.9 Å². The molecule has 0 fully saturated rings. The van der Waals surface area contributed by atoms with Crippen molar-refractivity contribution in [2.24, 2.45) is 0 Å². The standard InChI is InChI=1S/C10H16N4O5/c1-17-3-2-4-18-5-6-19-9-8(14(15)16)7-12-10(11)13-9/h7H,2-6H2,1H3,(H2,11,12,13). The lowest BCUT2D eigenvalue weighted by atomic mass is 10.5. The fraction of sp³-hybridized carbons (Fsp3) is 0.600. The van der Waals surface area contributed by atoms with Crippen LogP contribution in [0.25, 0.3) is 0 Å². The Kier molecular flexibility index (Phi) is 6.47. The zero-order valence-corrected chi connectivity index (χ0v) is 10.6. The van der Waals surface area contributed by atoms with Crippen molar-refractivity contribution >= 4 is 11.6 Å². The lowest BCUT2D eigenvalue weighted by Gasteiger charge is -2.06. The van der Waals surface area contributed by atoms with E-state index < -0.39 is 4.92 Å². The van der Waals surface area contributed by atoms with Crippen LogP contribution in [0, 0.1) is 10.1 Å². The van der Waals surface area contributed by atoms with Gasteiger partial charge in [0.15, 0.2) is 0 Å². The Morgan fingerprint density at radius 1 is 1.37 bits per heavy atom. The SMILES string of the molecule is COCCCOCCOc1nc(N)ncc1[N+](=O)[O-]. The van der Waals surface area contributed by atoms with Gasteiger partial charge in [-0.3, -0.25) is 10.1 Å². The van der Waals surface area contributed by atoms with E-state index in [0.717, 1.165) is 12.6 Å². The summed E-state index contributed by atoms with van der Waals surface area (Å²) in [5, 5.41) is 10.7. The average molecular weight is 272 g/mol. The van der Waals surface area contributed by atoms with Crippen molar-refractivity contribution in [3.8, 4) is 5.88 Å². The fourth-order valence-corrected chi connectivity index (χ4v) is 1.21. The van der Waals surface area contributed by atoms with Gasteiger partial charge in [-0.05, 0) is 6.42 Å². The molecule has 1 aromatic heterocycles. The van der Waals surface area contributed by atoms with E-state index >= 15 is 0 Å². The number of hydrogen-bond donors (Lipinski definition) is 1. The van der Waals surface area contributed by atoms with Crippen LogP contribution in [-0.4, -0.2) is 48.4 Å². The molecule has 9 heteroatoms. The lowest BCUT2D eigenvalue weighted by molar-refractivity contribution is -0.386. The number of hydrogen-bond acceptors (Lipinski definition) is 8. The Hall–Kier alpha value is -2.00. The van der Waals surface area contributed by atoms with Gasteiger partial charge in [-0.25, -0.2) is 4.98 Å². The maximum absolute atomic E-state index is 10.7. The smallest absolute Gasteiger partial charge is 0.349 e. The highest BCUT2D eigenvalue weighted by Crippen LogP contribution is 2.23. The quantitative estimate of drug-likeness (QED) is 0.389. The molecule has 1 rings (SSSR count). The second-order valence-electron chi connectivity index (χ2n) is 3.48. The largest absolute Gasteiger partial charge is 0.470 e. The van der Waals surface area contributed by atoms with Crippen LogP contribution in [0.5, 0.6) is 5.88 Å². The van der Waals surface area contributed by atoms with Crippen LogP contribution >= 0.6 is 0 Å². The molecular weight excluding hydrogens is 256 g/mol. The Bertz CT molecular complexity index is 415. The highest BCUT2D eigenvalue weighted by Gasteiger charge is 2.17. The normalized spacial score (nSPS) is 10.4.